The highest BCUT2D eigenvalue weighted by Crippen LogP contribution is 2.29. The Labute approximate surface area is 134 Å². The number of hydrogen-bond donors (Lipinski definition) is 2. The van der Waals surface area contributed by atoms with Gasteiger partial charge in [-0.2, -0.15) is 0 Å². The van der Waals surface area contributed by atoms with Crippen LogP contribution in [0.5, 0.6) is 17.2 Å². The summed E-state index contributed by atoms with van der Waals surface area (Å²) < 4.78 is 10.3. The first-order valence-electron chi connectivity index (χ1n) is 6.93. The molecule has 0 aromatic heterocycles. The van der Waals surface area contributed by atoms with Crippen molar-refractivity contribution in [2.24, 2.45) is 0 Å². The molecule has 0 atom stereocenters. The molecule has 0 aliphatic rings. The maximum absolute atomic E-state index is 12.3. The normalized spacial score (nSPS) is 11.2. The number of aryl methyl sites for hydroxylation is 1. The molecule has 2 rings (SSSR count). The number of aromatic hydroxyl groups is 1. The number of carbonyl (C=O) groups excluding carboxylic acids is 1. The number of carbonyl (C=O) groups is 1. The van der Waals surface area contributed by atoms with Crippen LogP contribution in [0.2, 0.25) is 0 Å². The van der Waals surface area contributed by atoms with Crippen molar-refractivity contribution in [2.45, 2.75) is 6.92 Å². The molecule has 120 valence electrons. The van der Waals surface area contributed by atoms with Gasteiger partial charge in [0.15, 0.2) is 5.78 Å². The minimum atomic E-state index is -0.506. The molecular weight excluding hydrogens is 296 g/mol. The molecule has 2 N–H and O–H groups in total. The van der Waals surface area contributed by atoms with Crippen LogP contribution < -0.4 is 9.47 Å². The minimum absolute atomic E-state index is 0.124. The fraction of sp³-hybridized carbons (Fsp3) is 0.167. The molecule has 5 nitrogen and oxygen atoms in total. The quantitative estimate of drug-likeness (QED) is 0.502. The van der Waals surface area contributed by atoms with Crippen LogP contribution in [0.25, 0.3) is 5.76 Å². The summed E-state index contributed by atoms with van der Waals surface area (Å²) in [6.45, 7) is 1.81. The Hall–Kier alpha value is -2.95. The molecule has 0 fully saturated rings. The zero-order valence-electron chi connectivity index (χ0n) is 13.2. The van der Waals surface area contributed by atoms with Crippen molar-refractivity contribution in [1.29, 1.82) is 0 Å². The maximum Gasteiger partial charge on any atom is 0.193 e. The zero-order valence-corrected chi connectivity index (χ0v) is 13.2. The zero-order chi connectivity index (χ0) is 17.0. The van der Waals surface area contributed by atoms with Gasteiger partial charge in [-0.25, -0.2) is 0 Å². The van der Waals surface area contributed by atoms with Gasteiger partial charge in [0.25, 0.3) is 0 Å². The van der Waals surface area contributed by atoms with Crippen LogP contribution in [0.15, 0.2) is 42.5 Å². The number of hydrogen-bond acceptors (Lipinski definition) is 5. The van der Waals surface area contributed by atoms with E-state index in [1.165, 1.54) is 20.3 Å². The van der Waals surface area contributed by atoms with E-state index in [1.807, 2.05) is 6.92 Å². The van der Waals surface area contributed by atoms with E-state index in [4.69, 9.17) is 9.47 Å². The van der Waals surface area contributed by atoms with Gasteiger partial charge in [-0.3, -0.25) is 4.79 Å². The minimum Gasteiger partial charge on any atom is -0.507 e. The van der Waals surface area contributed by atoms with Gasteiger partial charge in [0.05, 0.1) is 25.3 Å². The Morgan fingerprint density at radius 3 is 2.43 bits per heavy atom. The Balaban J connectivity index is 2.43. The number of phenolic OH excluding ortho intramolecular Hbond substituents is 1. The molecule has 0 saturated carbocycles. The average Bonchev–Trinajstić information content (AvgIpc) is 2.56. The first-order valence-corrected chi connectivity index (χ1v) is 6.93. The number of aliphatic hydroxyl groups is 1. The van der Waals surface area contributed by atoms with E-state index < -0.39 is 5.78 Å². The average molecular weight is 314 g/mol. The van der Waals surface area contributed by atoms with Gasteiger partial charge in [-0.1, -0.05) is 11.6 Å². The lowest BCUT2D eigenvalue weighted by molar-refractivity contribution is 0.104. The second-order valence-corrected chi connectivity index (χ2v) is 4.98. The Morgan fingerprint density at radius 1 is 1.04 bits per heavy atom. The lowest BCUT2D eigenvalue weighted by Crippen LogP contribution is -1.99. The molecule has 0 spiro atoms. The summed E-state index contributed by atoms with van der Waals surface area (Å²) in [4.78, 5) is 12.3. The summed E-state index contributed by atoms with van der Waals surface area (Å²) in [6.07, 6.45) is 1.05. The molecule has 0 unspecified atom stereocenters. The predicted molar refractivity (Wildman–Crippen MR) is 87.3 cm³/mol. The summed E-state index contributed by atoms with van der Waals surface area (Å²) in [5.74, 6) is 0.00917. The molecule has 5 heteroatoms. The third-order valence-corrected chi connectivity index (χ3v) is 3.37. The van der Waals surface area contributed by atoms with Crippen LogP contribution in [0.4, 0.5) is 0 Å². The molecule has 0 radical (unpaired) electrons. The predicted octanol–water partition coefficient (Wildman–Crippen LogP) is 3.50. The number of ether oxygens (including phenoxy) is 2. The number of allylic oxidation sites excluding steroid dienone is 1. The second kappa shape index (κ2) is 6.87. The van der Waals surface area contributed by atoms with Crippen molar-refractivity contribution >= 4 is 11.5 Å². The van der Waals surface area contributed by atoms with Crippen LogP contribution in [0, 0.1) is 6.92 Å². The van der Waals surface area contributed by atoms with Crippen molar-refractivity contribution < 1.29 is 24.5 Å². The Kier molecular flexibility index (Phi) is 4.91. The van der Waals surface area contributed by atoms with Crippen LogP contribution in [0.1, 0.15) is 21.5 Å². The largest absolute Gasteiger partial charge is 0.507 e. The number of methoxy groups -OCH3 is 2. The number of phenols is 1. The van der Waals surface area contributed by atoms with Crippen molar-refractivity contribution in [3.63, 3.8) is 0 Å². The molecule has 2 aromatic carbocycles. The molecule has 2 aromatic rings. The van der Waals surface area contributed by atoms with E-state index in [2.05, 4.69) is 0 Å². The number of rotatable bonds is 5. The standard InChI is InChI=1S/C18H18O5/c1-11-4-6-15(19)13(8-11)16(20)10-17(21)14-9-12(22-2)5-7-18(14)23-3/h4-10,19,21H,1-3H3. The molecule has 0 bridgehead atoms. The van der Waals surface area contributed by atoms with Gasteiger partial charge in [0.2, 0.25) is 0 Å². The third-order valence-electron chi connectivity index (χ3n) is 3.37. The molecule has 0 heterocycles. The van der Waals surface area contributed by atoms with Crippen molar-refractivity contribution in [1.82, 2.24) is 0 Å². The van der Waals surface area contributed by atoms with Gasteiger partial charge in [0.1, 0.15) is 23.0 Å². The molecule has 0 amide bonds. The van der Waals surface area contributed by atoms with Crippen LogP contribution in [-0.2, 0) is 0 Å². The fourth-order valence-corrected chi connectivity index (χ4v) is 2.14. The molecule has 0 aliphatic heterocycles. The summed E-state index contributed by atoms with van der Waals surface area (Å²) in [7, 11) is 2.97. The SMILES string of the molecule is COc1ccc(OC)c(C(O)=CC(=O)c2cc(C)ccc2O)c1. The summed E-state index contributed by atoms with van der Waals surface area (Å²) in [5.41, 5.74) is 1.28. The van der Waals surface area contributed by atoms with E-state index in [0.717, 1.165) is 11.6 Å². The lowest BCUT2D eigenvalue weighted by atomic mass is 10.0. The van der Waals surface area contributed by atoms with E-state index in [-0.39, 0.29) is 17.1 Å². The maximum atomic E-state index is 12.3. The van der Waals surface area contributed by atoms with Crippen LogP contribution in [0.3, 0.4) is 0 Å². The number of aliphatic hydroxyl groups excluding tert-OH is 1. The van der Waals surface area contributed by atoms with Gasteiger partial charge in [-0.15, -0.1) is 0 Å². The first-order chi connectivity index (χ1) is 11.0. The molecule has 0 aliphatic carbocycles. The molecule has 23 heavy (non-hydrogen) atoms. The highest BCUT2D eigenvalue weighted by Gasteiger charge is 2.14. The van der Waals surface area contributed by atoms with Crippen molar-refractivity contribution in [2.75, 3.05) is 14.2 Å². The van der Waals surface area contributed by atoms with Gasteiger partial charge in [-0.05, 0) is 37.3 Å². The van der Waals surface area contributed by atoms with Gasteiger partial charge >= 0.3 is 0 Å². The van der Waals surface area contributed by atoms with Crippen LogP contribution in [-0.4, -0.2) is 30.2 Å². The number of benzene rings is 2. The third kappa shape index (κ3) is 3.63. The highest BCUT2D eigenvalue weighted by atomic mass is 16.5. The smallest absolute Gasteiger partial charge is 0.193 e. The van der Waals surface area contributed by atoms with E-state index >= 15 is 0 Å². The Morgan fingerprint density at radius 2 is 1.78 bits per heavy atom. The second-order valence-electron chi connectivity index (χ2n) is 4.98. The highest BCUT2D eigenvalue weighted by molar-refractivity contribution is 6.09. The lowest BCUT2D eigenvalue weighted by Gasteiger charge is -2.10. The Bertz CT molecular complexity index is 762. The van der Waals surface area contributed by atoms with Crippen molar-refractivity contribution in [3.8, 4) is 17.2 Å². The fourth-order valence-electron chi connectivity index (χ4n) is 2.14. The van der Waals surface area contributed by atoms with E-state index in [9.17, 15) is 15.0 Å². The van der Waals surface area contributed by atoms with E-state index in [0.29, 0.717) is 17.1 Å². The van der Waals surface area contributed by atoms with E-state index in [1.54, 1.807) is 30.3 Å². The van der Waals surface area contributed by atoms with Gasteiger partial charge in [0, 0.05) is 6.08 Å². The van der Waals surface area contributed by atoms with Crippen LogP contribution >= 0.6 is 0 Å². The van der Waals surface area contributed by atoms with Gasteiger partial charge < -0.3 is 19.7 Å². The van der Waals surface area contributed by atoms with Crippen molar-refractivity contribution in [3.05, 3.63) is 59.2 Å². The number of ketones is 1. The monoisotopic (exact) mass is 314 g/mol. The molecule has 0 saturated heterocycles. The first kappa shape index (κ1) is 16.4. The summed E-state index contributed by atoms with van der Waals surface area (Å²) in [5, 5.41) is 20.1. The topological polar surface area (TPSA) is 76.0 Å². The molecular formula is C18H18O5. The summed E-state index contributed by atoms with van der Waals surface area (Å²) in [6, 6.07) is 9.58. The summed E-state index contributed by atoms with van der Waals surface area (Å²) >= 11 is 0.